The molecule has 117 heavy (non-hydrogen) atoms. The van der Waals surface area contributed by atoms with Crippen LogP contribution < -0.4 is 38.7 Å². The van der Waals surface area contributed by atoms with Crippen molar-refractivity contribution in [1.29, 1.82) is 0 Å². The van der Waals surface area contributed by atoms with Crippen LogP contribution >= 0.6 is 0 Å². The Labute approximate surface area is 685 Å². The second-order valence-electron chi connectivity index (χ2n) is 31.0. The normalized spacial score (nSPS) is 15.6. The lowest BCUT2D eigenvalue weighted by Gasteiger charge is -2.28. The molecule has 0 saturated carbocycles. The fraction of sp³-hybridized carbons (Fsp3) is 0.391. The number of aliphatic hydroxyl groups is 2. The van der Waals surface area contributed by atoms with Gasteiger partial charge < -0.3 is 58.0 Å². The van der Waals surface area contributed by atoms with E-state index in [4.69, 9.17) is 52.6 Å². The highest BCUT2D eigenvalue weighted by molar-refractivity contribution is 6.17. The van der Waals surface area contributed by atoms with Gasteiger partial charge in [0, 0.05) is 97.8 Å². The first kappa shape index (κ1) is 86.5. The Morgan fingerprint density at radius 2 is 0.812 bits per heavy atom. The van der Waals surface area contributed by atoms with Crippen molar-refractivity contribution in [2.24, 2.45) is 15.0 Å². The molecule has 8 aromatic carbocycles. The summed E-state index contributed by atoms with van der Waals surface area (Å²) < 4.78 is 52.7. The number of benzene rings is 8. The fourth-order valence-electron chi connectivity index (χ4n) is 14.4. The Kier molecular flexibility index (Phi) is 28.9. The molecule has 0 fully saturated rings. The van der Waals surface area contributed by atoms with Gasteiger partial charge in [-0.3, -0.25) is 53.9 Å². The summed E-state index contributed by atoms with van der Waals surface area (Å²) in [4.78, 5) is 90.1. The van der Waals surface area contributed by atoms with E-state index in [1.54, 1.807) is 91.1 Å². The number of carbonyl (C=O) groups excluding carboxylic acids is 5. The van der Waals surface area contributed by atoms with Gasteiger partial charge in [0.15, 0.2) is 11.5 Å². The zero-order chi connectivity index (χ0) is 82.4. The molecule has 0 radical (unpaired) electrons. The van der Waals surface area contributed by atoms with E-state index in [1.807, 2.05) is 156 Å². The summed E-state index contributed by atoms with van der Waals surface area (Å²) in [5.41, 5.74) is 12.9. The number of fused-ring (bicyclic) bond motifs is 12. The van der Waals surface area contributed by atoms with Crippen LogP contribution in [0.3, 0.4) is 0 Å². The number of methoxy groups -OCH3 is 1. The number of aromatic hydroxyl groups is 1. The number of carbonyl (C=O) groups is 5. The van der Waals surface area contributed by atoms with Gasteiger partial charge in [0.25, 0.3) is 17.7 Å². The number of anilines is 5. The summed E-state index contributed by atoms with van der Waals surface area (Å²) >= 11 is 0. The summed E-state index contributed by atoms with van der Waals surface area (Å²) in [5, 5.41) is 28.7. The molecular formula is C92H108N8O17. The molecule has 3 atom stereocenters. The Morgan fingerprint density at radius 1 is 0.453 bits per heavy atom. The third-order valence-corrected chi connectivity index (χ3v) is 19.9. The Balaban J connectivity index is 0.000000222. The first-order valence-corrected chi connectivity index (χ1v) is 39.5. The summed E-state index contributed by atoms with van der Waals surface area (Å²) in [6, 6.07) is 44.6. The van der Waals surface area contributed by atoms with Gasteiger partial charge in [-0.1, -0.05) is 81.9 Å². The number of ether oxygens (including phenoxy) is 9. The maximum atomic E-state index is 14.1. The summed E-state index contributed by atoms with van der Waals surface area (Å²) in [7, 11) is 1.54. The van der Waals surface area contributed by atoms with Crippen molar-refractivity contribution in [2.45, 2.75) is 165 Å². The van der Waals surface area contributed by atoms with Crippen molar-refractivity contribution in [2.75, 3.05) is 97.6 Å². The van der Waals surface area contributed by atoms with Crippen LogP contribution in [0.25, 0.3) is 0 Å². The molecule has 14 rings (SSSR count). The van der Waals surface area contributed by atoms with Crippen LogP contribution in [-0.2, 0) is 74.1 Å². The minimum Gasteiger partial charge on any atom is -0.508 e. The summed E-state index contributed by atoms with van der Waals surface area (Å²) in [5.74, 6) is 1.18. The van der Waals surface area contributed by atoms with Gasteiger partial charge in [0.2, 0.25) is 0 Å². The first-order valence-electron chi connectivity index (χ1n) is 39.5. The van der Waals surface area contributed by atoms with Gasteiger partial charge >= 0.3 is 12.2 Å². The van der Waals surface area contributed by atoms with Crippen molar-refractivity contribution in [3.63, 3.8) is 0 Å². The minimum atomic E-state index is -0.770. The molecule has 0 aliphatic carbocycles. The topological polar surface area (TPSA) is 282 Å². The van der Waals surface area contributed by atoms with E-state index in [2.05, 4.69) is 11.1 Å². The monoisotopic (exact) mass is 1600 g/mol. The number of aliphatic hydroxyl groups excluding tert-OH is 2. The number of aliphatic imine (C=N–C) groups is 3. The molecule has 0 saturated heterocycles. The highest BCUT2D eigenvalue weighted by Gasteiger charge is 2.40. The summed E-state index contributed by atoms with van der Waals surface area (Å²) in [6.07, 6.45) is 8.45. The molecule has 618 valence electrons. The number of hydrogen-bond donors (Lipinski definition) is 3. The van der Waals surface area contributed by atoms with Crippen LogP contribution in [0, 0.1) is 13.8 Å². The number of phenolic OH excluding ortho intramolecular Hbond substituents is 1. The molecule has 25 heteroatoms. The zero-order valence-corrected chi connectivity index (χ0v) is 67.9. The van der Waals surface area contributed by atoms with Gasteiger partial charge in [-0.25, -0.2) is 9.59 Å². The predicted molar refractivity (Wildman–Crippen MR) is 455 cm³/mol. The number of amides is 5. The molecule has 0 aromatic heterocycles. The number of phenols is 1. The third kappa shape index (κ3) is 21.1. The second kappa shape index (κ2) is 39.1. The number of nitrogens with zero attached hydrogens (tertiary/aromatic N) is 8. The molecule has 0 spiro atoms. The van der Waals surface area contributed by atoms with E-state index in [0.29, 0.717) is 144 Å². The van der Waals surface area contributed by atoms with E-state index in [1.165, 1.54) is 17.6 Å². The standard InChI is InChI=1S/C54H57N5O9.C20H33NO6.C17H14N2O2.CH4/c1-7-17-64-19-20-65-18-16-57(53(62)68-54(3,4)5)39-23-35(32-66-48-28-44-42(21-34(48)2)51(60)58-40(30-55-44)25-37-12-8-10-14-46(37)58)22-36(24-39)33-67-50-29-45-43(27-49(50)63-6)52(61)59-41(31-56-45)26-38-13-9-11-15-47(38)59;1-5-7-25-9-10-26-8-6-21(19(24)27-20(2,3)4)18-12-16(14-22)11-17(13-18)15-23;1-10-6-13-14(8-16(10)20)18-9-12-7-11-4-2-3-5-15(11)19(12)17(13)21;/h8-15,21-24,27-31,40-41H,7,16-20,25-26,32-33H2,1-6H3;11-13,22-23H,5-10,14-15H2,1-4H3;2-6,8-9,12,20H,7H2,1H3;1H4/t40-,41-;;12-;/m0.0./s1. The zero-order valence-electron chi connectivity index (χ0n) is 67.9. The molecule has 5 amide bonds. The first-order chi connectivity index (χ1) is 55.8. The van der Waals surface area contributed by atoms with Crippen LogP contribution in [0.1, 0.15) is 157 Å². The van der Waals surface area contributed by atoms with Crippen molar-refractivity contribution >= 4 is 94.1 Å². The van der Waals surface area contributed by atoms with Crippen molar-refractivity contribution < 1.29 is 81.9 Å². The number of para-hydroxylation sites is 3. The maximum Gasteiger partial charge on any atom is 0.414 e. The van der Waals surface area contributed by atoms with Crippen LogP contribution in [0.2, 0.25) is 0 Å². The Morgan fingerprint density at radius 3 is 1.21 bits per heavy atom. The Hall–Kier alpha value is -11.3. The summed E-state index contributed by atoms with van der Waals surface area (Å²) in [6.45, 7) is 22.6. The smallest absolute Gasteiger partial charge is 0.414 e. The average molecular weight is 1600 g/mol. The molecule has 25 nitrogen and oxygen atoms in total. The van der Waals surface area contributed by atoms with Crippen LogP contribution in [0.15, 0.2) is 161 Å². The highest BCUT2D eigenvalue weighted by Crippen LogP contribution is 2.44. The SMILES string of the molecule is C.CCCOCCOCCN(C(=O)OC(C)(C)C)c1cc(CO)cc(CO)c1.CCCOCCOCCN(C(=O)OC(C)(C)C)c1cc(COc2cc3c(cc2C)C(=O)N2c4ccccc4C[C@H]2C=N3)cc(COc2cc3c(cc2OC)C(=O)N2c4ccccc4C[C@H]2C=N3)c1.Cc1cc2c(cc1O)N=C[C@@H]1Cc3ccccc3N1C2=O. The molecule has 8 aromatic rings. The molecule has 6 aliphatic heterocycles. The van der Waals surface area contributed by atoms with Crippen LogP contribution in [0.4, 0.5) is 55.1 Å². The third-order valence-electron chi connectivity index (χ3n) is 19.9. The maximum absolute atomic E-state index is 14.1. The minimum absolute atomic E-state index is 0. The lowest BCUT2D eigenvalue weighted by atomic mass is 10.1. The van der Waals surface area contributed by atoms with Crippen molar-refractivity contribution in [3.8, 4) is 23.0 Å². The molecule has 6 aliphatic rings. The largest absolute Gasteiger partial charge is 0.508 e. The Bertz CT molecular complexity index is 4970. The van der Waals surface area contributed by atoms with E-state index >= 15 is 0 Å². The highest BCUT2D eigenvalue weighted by atomic mass is 16.6. The molecule has 3 N–H and O–H groups in total. The van der Waals surface area contributed by atoms with Crippen molar-refractivity contribution in [3.05, 3.63) is 212 Å². The van der Waals surface area contributed by atoms with Gasteiger partial charge in [-0.2, -0.15) is 0 Å². The molecular weight excluding hydrogens is 1490 g/mol. The van der Waals surface area contributed by atoms with Gasteiger partial charge in [0.05, 0.1) is 125 Å². The fourth-order valence-corrected chi connectivity index (χ4v) is 14.4. The lowest BCUT2D eigenvalue weighted by molar-refractivity contribution is 0.0444. The van der Waals surface area contributed by atoms with E-state index in [-0.39, 0.29) is 95.1 Å². The van der Waals surface area contributed by atoms with Crippen molar-refractivity contribution in [1.82, 2.24) is 0 Å². The van der Waals surface area contributed by atoms with E-state index in [0.717, 1.165) is 58.6 Å². The quantitative estimate of drug-likeness (QED) is 0.0403. The number of hydrogen-bond acceptors (Lipinski definition) is 20. The van der Waals surface area contributed by atoms with Gasteiger partial charge in [-0.05, 0) is 185 Å². The van der Waals surface area contributed by atoms with Crippen LogP contribution in [-0.4, -0.2) is 166 Å². The molecule has 0 bridgehead atoms. The second-order valence-corrected chi connectivity index (χ2v) is 31.0. The van der Waals surface area contributed by atoms with E-state index in [9.17, 15) is 39.3 Å². The predicted octanol–water partition coefficient (Wildman–Crippen LogP) is 16.4. The lowest BCUT2D eigenvalue weighted by Crippen LogP contribution is -2.39. The van der Waals surface area contributed by atoms with Crippen LogP contribution in [0.5, 0.6) is 23.0 Å². The molecule has 0 unspecified atom stereocenters. The van der Waals surface area contributed by atoms with E-state index < -0.39 is 23.4 Å². The van der Waals surface area contributed by atoms with Gasteiger partial charge in [-0.15, -0.1) is 0 Å². The number of rotatable bonds is 27. The van der Waals surface area contributed by atoms with Gasteiger partial charge in [0.1, 0.15) is 35.9 Å². The number of aryl methyl sites for hydroxylation is 2. The average Bonchev–Trinajstić information content (AvgIpc) is 1.63. The molecule has 6 heterocycles.